The van der Waals surface area contributed by atoms with E-state index in [1.807, 2.05) is 13.8 Å². The topological polar surface area (TPSA) is 175 Å². The summed E-state index contributed by atoms with van der Waals surface area (Å²) in [6.07, 6.45) is -6.92. The van der Waals surface area contributed by atoms with E-state index in [-0.39, 0.29) is 31.5 Å². The number of carbonyl (C=O) groups excluding carboxylic acids is 1. The van der Waals surface area contributed by atoms with Gasteiger partial charge in [0.2, 0.25) is 6.29 Å². The van der Waals surface area contributed by atoms with Crippen LogP contribution in [-0.2, 0) is 23.7 Å². The maximum Gasteiger partial charge on any atom is 0.309 e. The van der Waals surface area contributed by atoms with E-state index < -0.39 is 67.5 Å². The van der Waals surface area contributed by atoms with Crippen LogP contribution in [0.5, 0.6) is 0 Å². The van der Waals surface area contributed by atoms with Gasteiger partial charge in [-0.15, -0.1) is 0 Å². The molecule has 0 spiro atoms. The lowest BCUT2D eigenvalue weighted by atomic mass is 9.83. The van der Waals surface area contributed by atoms with Gasteiger partial charge in [-0.3, -0.25) is 4.79 Å². The van der Waals surface area contributed by atoms with Gasteiger partial charge in [0.05, 0.1) is 25.6 Å². The molecule has 0 aromatic rings. The summed E-state index contributed by atoms with van der Waals surface area (Å²) in [7, 11) is 0. The van der Waals surface area contributed by atoms with E-state index >= 15 is 0 Å². The quantitative estimate of drug-likeness (QED) is 0.225. The molecule has 11 nitrogen and oxygen atoms in total. The molecule has 184 valence electrons. The number of rotatable bonds is 8. The van der Waals surface area contributed by atoms with E-state index in [2.05, 4.69) is 0 Å². The van der Waals surface area contributed by atoms with Gasteiger partial charge < -0.3 is 49.6 Å². The van der Waals surface area contributed by atoms with Crippen LogP contribution in [0.3, 0.4) is 0 Å². The number of hydrogen-bond acceptors (Lipinski definition) is 11. The Labute approximate surface area is 186 Å². The summed E-state index contributed by atoms with van der Waals surface area (Å²) in [5, 5.41) is 59.5. The first-order chi connectivity index (χ1) is 15.2. The van der Waals surface area contributed by atoms with E-state index in [1.165, 1.54) is 6.26 Å². The van der Waals surface area contributed by atoms with Crippen LogP contribution in [0.4, 0.5) is 0 Å². The molecule has 3 rings (SSSR count). The number of ether oxygens (including phenoxy) is 4. The molecule has 0 aromatic heterocycles. The van der Waals surface area contributed by atoms with Gasteiger partial charge in [-0.05, 0) is 23.8 Å². The normalized spacial score (nSPS) is 41.7. The minimum Gasteiger partial charge on any atom is -0.462 e. The minimum atomic E-state index is -1.56. The first kappa shape index (κ1) is 25.3. The van der Waals surface area contributed by atoms with Crippen molar-refractivity contribution in [1.82, 2.24) is 0 Å². The van der Waals surface area contributed by atoms with Crippen LogP contribution in [0.2, 0.25) is 0 Å². The summed E-state index contributed by atoms with van der Waals surface area (Å²) in [5.74, 6) is -1.71. The average Bonchev–Trinajstić information content (AvgIpc) is 3.08. The lowest BCUT2D eigenvalue weighted by molar-refractivity contribution is -0.299. The average molecular weight is 462 g/mol. The highest BCUT2D eigenvalue weighted by molar-refractivity contribution is 5.69. The second-order valence-electron chi connectivity index (χ2n) is 9.13. The molecule has 1 saturated carbocycles. The molecule has 6 N–H and O–H groups in total. The summed E-state index contributed by atoms with van der Waals surface area (Å²) in [5.41, 5.74) is 0.595. The first-order valence-corrected chi connectivity index (χ1v) is 10.9. The van der Waals surface area contributed by atoms with Gasteiger partial charge in [-0.2, -0.15) is 0 Å². The first-order valence-electron chi connectivity index (χ1n) is 10.9. The van der Waals surface area contributed by atoms with Crippen molar-refractivity contribution in [3.63, 3.8) is 0 Å². The molecule has 1 saturated heterocycles. The number of fused-ring (bicyclic) bond motifs is 1. The zero-order valence-electron chi connectivity index (χ0n) is 18.2. The highest BCUT2D eigenvalue weighted by atomic mass is 16.7. The van der Waals surface area contributed by atoms with Crippen molar-refractivity contribution in [3.05, 3.63) is 11.8 Å². The van der Waals surface area contributed by atoms with E-state index in [4.69, 9.17) is 18.9 Å². The Kier molecular flexibility index (Phi) is 8.50. The summed E-state index contributed by atoms with van der Waals surface area (Å²) in [4.78, 5) is 12.2. The van der Waals surface area contributed by atoms with Crippen molar-refractivity contribution in [2.24, 2.45) is 23.7 Å². The summed E-state index contributed by atoms with van der Waals surface area (Å²) >= 11 is 0. The molecule has 11 heteroatoms. The van der Waals surface area contributed by atoms with Gasteiger partial charge in [0.25, 0.3) is 0 Å². The molecule has 3 aliphatic rings. The van der Waals surface area contributed by atoms with Gasteiger partial charge in [-0.1, -0.05) is 13.8 Å². The largest absolute Gasteiger partial charge is 0.462 e. The van der Waals surface area contributed by atoms with Crippen molar-refractivity contribution in [1.29, 1.82) is 0 Å². The summed E-state index contributed by atoms with van der Waals surface area (Å²) in [6.45, 7) is 2.77. The highest BCUT2D eigenvalue weighted by Crippen LogP contribution is 2.47. The van der Waals surface area contributed by atoms with E-state index in [0.29, 0.717) is 12.0 Å². The molecule has 0 aromatic carbocycles. The van der Waals surface area contributed by atoms with Gasteiger partial charge in [0, 0.05) is 24.9 Å². The van der Waals surface area contributed by atoms with E-state index in [1.54, 1.807) is 0 Å². The Hall–Kier alpha value is -1.31. The summed E-state index contributed by atoms with van der Waals surface area (Å²) < 4.78 is 22.1. The van der Waals surface area contributed by atoms with Crippen molar-refractivity contribution in [2.75, 3.05) is 19.8 Å². The molecule has 1 aliphatic carbocycles. The molecule has 2 aliphatic heterocycles. The molecular weight excluding hydrogens is 428 g/mol. The Bertz CT molecular complexity index is 666. The van der Waals surface area contributed by atoms with Crippen molar-refractivity contribution >= 4 is 5.97 Å². The number of hydrogen-bond donors (Lipinski definition) is 6. The molecule has 0 amide bonds. The molecule has 2 heterocycles. The predicted molar refractivity (Wildman–Crippen MR) is 106 cm³/mol. The van der Waals surface area contributed by atoms with E-state index in [9.17, 15) is 35.4 Å². The molecular formula is C21H34O11. The van der Waals surface area contributed by atoms with Crippen LogP contribution < -0.4 is 0 Å². The predicted octanol–water partition coefficient (Wildman–Crippen LogP) is -1.76. The standard InChI is InChI=1S/C21H34O11/c1-9(2)3-15(25)32-20-16-11(4-13(24)12(16)5-22)10(7-29-20)8-30-21-19(28)18(27)17(26)14(6-23)31-21/h7,9,11-14,16-24,26-28H,3-6,8H2,1-2H3/t11-,12+,13+,14-,16-,17-,18+,19-,20+,21-/m1/s1. The molecule has 32 heavy (non-hydrogen) atoms. The van der Waals surface area contributed by atoms with Crippen LogP contribution in [0.15, 0.2) is 11.8 Å². The fourth-order valence-corrected chi connectivity index (χ4v) is 4.65. The fourth-order valence-electron chi connectivity index (χ4n) is 4.65. The number of aliphatic hydroxyl groups is 6. The van der Waals surface area contributed by atoms with E-state index in [0.717, 1.165) is 0 Å². The third-order valence-electron chi connectivity index (χ3n) is 6.39. The Morgan fingerprint density at radius 1 is 1.09 bits per heavy atom. The second kappa shape index (κ2) is 10.7. The molecule has 0 bridgehead atoms. The zero-order valence-corrected chi connectivity index (χ0v) is 18.2. The second-order valence-corrected chi connectivity index (χ2v) is 9.13. The van der Waals surface area contributed by atoms with Crippen molar-refractivity contribution in [2.45, 2.75) is 69.8 Å². The number of aliphatic hydroxyl groups excluding tert-OH is 6. The number of carbonyl (C=O) groups is 1. The number of esters is 1. The third kappa shape index (κ3) is 5.26. The third-order valence-corrected chi connectivity index (χ3v) is 6.39. The van der Waals surface area contributed by atoms with Gasteiger partial charge in [-0.25, -0.2) is 0 Å². The van der Waals surface area contributed by atoms with Crippen molar-refractivity contribution in [3.8, 4) is 0 Å². The van der Waals surface area contributed by atoms with Crippen LogP contribution in [-0.4, -0.2) is 99.5 Å². The summed E-state index contributed by atoms with van der Waals surface area (Å²) in [6, 6.07) is 0. The van der Waals surface area contributed by atoms with Gasteiger partial charge in [0.1, 0.15) is 24.4 Å². The van der Waals surface area contributed by atoms with Crippen LogP contribution in [0.25, 0.3) is 0 Å². The maximum absolute atomic E-state index is 12.2. The van der Waals surface area contributed by atoms with Crippen LogP contribution in [0, 0.1) is 23.7 Å². The van der Waals surface area contributed by atoms with Gasteiger partial charge >= 0.3 is 5.97 Å². The lowest BCUT2D eigenvalue weighted by Gasteiger charge is -2.40. The Morgan fingerprint density at radius 2 is 1.81 bits per heavy atom. The fraction of sp³-hybridized carbons (Fsp3) is 0.857. The molecule has 0 radical (unpaired) electrons. The van der Waals surface area contributed by atoms with Crippen molar-refractivity contribution < 1.29 is 54.4 Å². The smallest absolute Gasteiger partial charge is 0.309 e. The zero-order chi connectivity index (χ0) is 23.6. The molecule has 0 unspecified atom stereocenters. The van der Waals surface area contributed by atoms with Gasteiger partial charge in [0.15, 0.2) is 6.29 Å². The monoisotopic (exact) mass is 462 g/mol. The van der Waals surface area contributed by atoms with Crippen LogP contribution in [0.1, 0.15) is 26.7 Å². The Balaban J connectivity index is 1.70. The Morgan fingerprint density at radius 3 is 2.44 bits per heavy atom. The lowest BCUT2D eigenvalue weighted by Crippen LogP contribution is -2.59. The minimum absolute atomic E-state index is 0.0998. The molecule has 10 atom stereocenters. The maximum atomic E-state index is 12.2. The van der Waals surface area contributed by atoms with Crippen LogP contribution >= 0.6 is 0 Å². The highest BCUT2D eigenvalue weighted by Gasteiger charge is 2.52. The SMILES string of the molecule is CC(C)CC(=O)O[C@@H]1OC=C(CO[C@@H]2O[C@H](CO)[C@@H](O)[C@H](O)[C@H]2O)[C@H]2C[C@H](O)[C@H](CO)[C@H]12. The molecule has 2 fully saturated rings.